The third kappa shape index (κ3) is 3.65. The first-order valence-corrected chi connectivity index (χ1v) is 8.78. The maximum atomic E-state index is 12.4. The van der Waals surface area contributed by atoms with Crippen molar-refractivity contribution in [2.45, 2.75) is 24.8 Å². The minimum atomic E-state index is -1.10. The normalized spacial score (nSPS) is 13.2. The average molecular weight is 363 g/mol. The summed E-state index contributed by atoms with van der Waals surface area (Å²) in [5, 5.41) is 9.34. The number of carboxylic acids is 1. The van der Waals surface area contributed by atoms with E-state index in [1.165, 1.54) is 7.05 Å². The maximum absolute atomic E-state index is 12.4. The van der Waals surface area contributed by atoms with Crippen LogP contribution in [0.25, 0.3) is 11.1 Å². The Kier molecular flexibility index (Phi) is 5.46. The van der Waals surface area contributed by atoms with E-state index in [0.717, 1.165) is 27.2 Å². The second-order valence-corrected chi connectivity index (χ2v) is 6.51. The summed E-state index contributed by atoms with van der Waals surface area (Å²) >= 11 is 0. The number of ether oxygens (including phenoxy) is 1. The number of carbonyl (C=O) groups excluding carboxylic acids is 1. The molecule has 0 radical (unpaired) electrons. The molecule has 2 aromatic rings. The molecule has 0 saturated carbocycles. The largest absolute Gasteiger partial charge is 0.480 e. The smallest absolute Gasteiger partial charge is 0.410 e. The van der Waals surface area contributed by atoms with Crippen LogP contribution in [0.3, 0.4) is 0 Å². The molecule has 1 aliphatic rings. The molecule has 0 saturated heterocycles. The van der Waals surface area contributed by atoms with Gasteiger partial charge in [0.1, 0.15) is 12.6 Å². The Bertz CT molecular complexity index is 854. The molecule has 0 aromatic heterocycles. The number of terminal acetylenes is 1. The third-order valence-electron chi connectivity index (χ3n) is 4.94. The fourth-order valence-electron chi connectivity index (χ4n) is 3.53. The van der Waals surface area contributed by atoms with Crippen LogP contribution >= 0.6 is 0 Å². The first-order valence-electron chi connectivity index (χ1n) is 8.78. The fourth-order valence-corrected chi connectivity index (χ4v) is 3.53. The second-order valence-electron chi connectivity index (χ2n) is 6.51. The molecule has 0 heterocycles. The van der Waals surface area contributed by atoms with Crippen LogP contribution in [0, 0.1) is 12.3 Å². The number of rotatable bonds is 6. The van der Waals surface area contributed by atoms with Crippen molar-refractivity contribution in [2.24, 2.45) is 0 Å². The zero-order valence-corrected chi connectivity index (χ0v) is 15.1. The number of aliphatic carboxylic acids is 1. The van der Waals surface area contributed by atoms with Crippen molar-refractivity contribution in [3.8, 4) is 23.5 Å². The van der Waals surface area contributed by atoms with E-state index in [2.05, 4.69) is 18.1 Å². The number of carbonyl (C=O) groups is 2. The van der Waals surface area contributed by atoms with Crippen LogP contribution in [0.4, 0.5) is 4.79 Å². The van der Waals surface area contributed by atoms with Crippen molar-refractivity contribution in [3.05, 3.63) is 59.7 Å². The average Bonchev–Trinajstić information content (AvgIpc) is 3.00. The van der Waals surface area contributed by atoms with Gasteiger partial charge in [-0.2, -0.15) is 0 Å². The molecule has 5 nitrogen and oxygen atoms in total. The molecule has 5 heteroatoms. The molecule has 1 aliphatic carbocycles. The summed E-state index contributed by atoms with van der Waals surface area (Å²) in [5.41, 5.74) is 4.49. The number of hydrogen-bond donors (Lipinski definition) is 1. The summed E-state index contributed by atoms with van der Waals surface area (Å²) < 4.78 is 5.48. The predicted octanol–water partition coefficient (Wildman–Crippen LogP) is 3.73. The summed E-state index contributed by atoms with van der Waals surface area (Å²) in [6.45, 7) is 0.151. The molecular formula is C22H21NO4. The number of carboxylic acid groups (broad SMARTS) is 1. The molecule has 27 heavy (non-hydrogen) atoms. The summed E-state index contributed by atoms with van der Waals surface area (Å²) in [6.07, 6.45) is 5.00. The van der Waals surface area contributed by atoms with Crippen molar-refractivity contribution in [1.82, 2.24) is 4.90 Å². The minimum Gasteiger partial charge on any atom is -0.480 e. The summed E-state index contributed by atoms with van der Waals surface area (Å²) in [6, 6.07) is 15.1. The van der Waals surface area contributed by atoms with Crippen LogP contribution < -0.4 is 0 Å². The van der Waals surface area contributed by atoms with Crippen molar-refractivity contribution >= 4 is 12.1 Å². The van der Waals surface area contributed by atoms with Crippen LogP contribution in [-0.4, -0.2) is 41.8 Å². The van der Waals surface area contributed by atoms with Gasteiger partial charge < -0.3 is 9.84 Å². The van der Waals surface area contributed by atoms with E-state index in [-0.39, 0.29) is 25.4 Å². The van der Waals surface area contributed by atoms with Gasteiger partial charge in [-0.25, -0.2) is 9.59 Å². The molecule has 0 unspecified atom stereocenters. The molecular weight excluding hydrogens is 342 g/mol. The lowest BCUT2D eigenvalue weighted by Gasteiger charge is -2.24. The van der Waals surface area contributed by atoms with E-state index in [1.54, 1.807) is 0 Å². The molecule has 1 amide bonds. The molecule has 2 aromatic carbocycles. The zero-order valence-electron chi connectivity index (χ0n) is 15.1. The second kappa shape index (κ2) is 7.96. The number of likely N-dealkylation sites (N-methyl/N-ethyl adjacent to an activating group) is 1. The molecule has 1 N–H and O–H groups in total. The van der Waals surface area contributed by atoms with Gasteiger partial charge in [0.2, 0.25) is 0 Å². The first-order chi connectivity index (χ1) is 13.0. The summed E-state index contributed by atoms with van der Waals surface area (Å²) in [5.74, 6) is 1.24. The third-order valence-corrected chi connectivity index (χ3v) is 4.94. The Morgan fingerprint density at radius 3 is 2.22 bits per heavy atom. The van der Waals surface area contributed by atoms with Crippen molar-refractivity contribution in [3.63, 3.8) is 0 Å². The van der Waals surface area contributed by atoms with Crippen LogP contribution in [-0.2, 0) is 9.53 Å². The number of amides is 1. The van der Waals surface area contributed by atoms with E-state index in [0.29, 0.717) is 0 Å². The first kappa shape index (κ1) is 18.5. The van der Waals surface area contributed by atoms with E-state index in [1.807, 2.05) is 36.4 Å². The molecule has 3 rings (SSSR count). The highest BCUT2D eigenvalue weighted by atomic mass is 16.6. The van der Waals surface area contributed by atoms with Crippen molar-refractivity contribution in [2.75, 3.05) is 13.7 Å². The van der Waals surface area contributed by atoms with Crippen LogP contribution in [0.5, 0.6) is 0 Å². The monoisotopic (exact) mass is 363 g/mol. The van der Waals surface area contributed by atoms with E-state index < -0.39 is 18.1 Å². The van der Waals surface area contributed by atoms with Gasteiger partial charge in [0.15, 0.2) is 0 Å². The minimum absolute atomic E-state index is 0.0660. The summed E-state index contributed by atoms with van der Waals surface area (Å²) in [4.78, 5) is 24.9. The SMILES string of the molecule is C#CCC[C@@H](C(=O)O)N(C)C(=O)OCC1c2ccccc2-c2ccccc21. The predicted molar refractivity (Wildman–Crippen MR) is 102 cm³/mol. The van der Waals surface area contributed by atoms with Crippen LogP contribution in [0.2, 0.25) is 0 Å². The van der Waals surface area contributed by atoms with Crippen molar-refractivity contribution < 1.29 is 19.4 Å². The van der Waals surface area contributed by atoms with Crippen molar-refractivity contribution in [1.29, 1.82) is 0 Å². The van der Waals surface area contributed by atoms with E-state index >= 15 is 0 Å². The molecule has 138 valence electrons. The maximum Gasteiger partial charge on any atom is 0.410 e. The van der Waals surface area contributed by atoms with Gasteiger partial charge in [-0.3, -0.25) is 4.90 Å². The lowest BCUT2D eigenvalue weighted by atomic mass is 9.98. The standard InChI is InChI=1S/C22H21NO4/c1-3-4-13-20(21(24)25)23(2)22(26)27-14-19-17-11-7-5-9-15(17)16-10-6-8-12-18(16)19/h1,5-12,19-20H,4,13-14H2,2H3,(H,24,25)/t20-/m0/s1. The molecule has 0 spiro atoms. The fraction of sp³-hybridized carbons (Fsp3) is 0.273. The Hall–Kier alpha value is -3.26. The Morgan fingerprint density at radius 2 is 1.70 bits per heavy atom. The quantitative estimate of drug-likeness (QED) is 0.794. The summed E-state index contributed by atoms with van der Waals surface area (Å²) in [7, 11) is 1.42. The molecule has 0 fully saturated rings. The van der Waals surface area contributed by atoms with E-state index in [4.69, 9.17) is 11.2 Å². The van der Waals surface area contributed by atoms with Crippen LogP contribution in [0.15, 0.2) is 48.5 Å². The van der Waals surface area contributed by atoms with Gasteiger partial charge in [-0.05, 0) is 28.7 Å². The Morgan fingerprint density at radius 1 is 1.15 bits per heavy atom. The van der Waals surface area contributed by atoms with Gasteiger partial charge in [-0.1, -0.05) is 48.5 Å². The number of fused-ring (bicyclic) bond motifs is 3. The van der Waals surface area contributed by atoms with Crippen LogP contribution in [0.1, 0.15) is 29.9 Å². The lowest BCUT2D eigenvalue weighted by molar-refractivity contribution is -0.142. The highest BCUT2D eigenvalue weighted by molar-refractivity contribution is 5.81. The molecule has 1 atom stereocenters. The van der Waals surface area contributed by atoms with Gasteiger partial charge in [0.05, 0.1) is 0 Å². The van der Waals surface area contributed by atoms with Gasteiger partial charge in [0, 0.05) is 19.4 Å². The van der Waals surface area contributed by atoms with Gasteiger partial charge in [0.25, 0.3) is 0 Å². The van der Waals surface area contributed by atoms with Gasteiger partial charge >= 0.3 is 12.1 Å². The van der Waals surface area contributed by atoms with E-state index in [9.17, 15) is 14.7 Å². The van der Waals surface area contributed by atoms with Gasteiger partial charge in [-0.15, -0.1) is 12.3 Å². The molecule has 0 aliphatic heterocycles. The zero-order chi connectivity index (χ0) is 19.4. The number of nitrogens with zero attached hydrogens (tertiary/aromatic N) is 1. The Labute approximate surface area is 158 Å². The highest BCUT2D eigenvalue weighted by Crippen LogP contribution is 2.44. The number of benzene rings is 2. The molecule has 0 bridgehead atoms. The Balaban J connectivity index is 1.74. The lowest BCUT2D eigenvalue weighted by Crippen LogP contribution is -2.43. The highest BCUT2D eigenvalue weighted by Gasteiger charge is 2.31. The topological polar surface area (TPSA) is 66.8 Å². The number of hydrogen-bond acceptors (Lipinski definition) is 3.